The standard InChI is InChI=1S/C18H29NO2/c1-2-3-4-5-6-7-11-14-19-17(18(20)21)15-16-12-9-8-10-13-16/h8-10,12-13,17,19H,2-7,11,14-15H2,1H3,(H,20,21)/t17-/m0/s1. The lowest BCUT2D eigenvalue weighted by atomic mass is 10.1. The predicted molar refractivity (Wildman–Crippen MR) is 87.6 cm³/mol. The Morgan fingerprint density at radius 2 is 1.67 bits per heavy atom. The van der Waals surface area contributed by atoms with E-state index in [0.29, 0.717) is 6.42 Å². The SMILES string of the molecule is CCCCCCCCCN[C@@H](Cc1ccccc1)C(=O)O. The monoisotopic (exact) mass is 291 g/mol. The number of unbranched alkanes of at least 4 members (excludes halogenated alkanes) is 6. The number of nitrogens with one attached hydrogen (secondary N) is 1. The van der Waals surface area contributed by atoms with Crippen molar-refractivity contribution >= 4 is 5.97 Å². The lowest BCUT2D eigenvalue weighted by molar-refractivity contribution is -0.139. The second-order valence-electron chi connectivity index (χ2n) is 5.66. The lowest BCUT2D eigenvalue weighted by Gasteiger charge is -2.14. The van der Waals surface area contributed by atoms with Gasteiger partial charge in [-0.2, -0.15) is 0 Å². The highest BCUT2D eigenvalue weighted by Crippen LogP contribution is 2.07. The van der Waals surface area contributed by atoms with Crippen molar-refractivity contribution in [2.75, 3.05) is 6.54 Å². The summed E-state index contributed by atoms with van der Waals surface area (Å²) < 4.78 is 0. The number of benzene rings is 1. The van der Waals surface area contributed by atoms with Crippen LogP contribution in [0.3, 0.4) is 0 Å². The first-order valence-electron chi connectivity index (χ1n) is 8.24. The summed E-state index contributed by atoms with van der Waals surface area (Å²) in [7, 11) is 0. The number of rotatable bonds is 12. The largest absolute Gasteiger partial charge is 0.480 e. The van der Waals surface area contributed by atoms with Crippen LogP contribution in [-0.4, -0.2) is 23.7 Å². The van der Waals surface area contributed by atoms with E-state index >= 15 is 0 Å². The molecule has 0 radical (unpaired) electrons. The van der Waals surface area contributed by atoms with Gasteiger partial charge in [-0.15, -0.1) is 0 Å². The normalized spacial score (nSPS) is 12.2. The van der Waals surface area contributed by atoms with Crippen LogP contribution in [0.25, 0.3) is 0 Å². The topological polar surface area (TPSA) is 49.3 Å². The van der Waals surface area contributed by atoms with Crippen molar-refractivity contribution in [3.05, 3.63) is 35.9 Å². The van der Waals surface area contributed by atoms with Gasteiger partial charge in [0.05, 0.1) is 0 Å². The highest BCUT2D eigenvalue weighted by Gasteiger charge is 2.16. The Kier molecular flexibility index (Phi) is 9.55. The van der Waals surface area contributed by atoms with E-state index in [-0.39, 0.29) is 0 Å². The van der Waals surface area contributed by atoms with E-state index in [0.717, 1.165) is 18.5 Å². The third-order valence-electron chi connectivity index (χ3n) is 3.75. The number of aliphatic carboxylic acids is 1. The quantitative estimate of drug-likeness (QED) is 0.572. The number of hydrogen-bond acceptors (Lipinski definition) is 2. The molecule has 0 aliphatic rings. The first-order valence-corrected chi connectivity index (χ1v) is 8.24. The smallest absolute Gasteiger partial charge is 0.321 e. The van der Waals surface area contributed by atoms with Gasteiger partial charge in [0, 0.05) is 0 Å². The minimum Gasteiger partial charge on any atom is -0.480 e. The molecule has 21 heavy (non-hydrogen) atoms. The molecule has 0 aliphatic heterocycles. The van der Waals surface area contributed by atoms with Crippen LogP contribution in [0.4, 0.5) is 0 Å². The molecule has 1 aromatic carbocycles. The summed E-state index contributed by atoms with van der Waals surface area (Å²) in [6.45, 7) is 3.01. The van der Waals surface area contributed by atoms with Gasteiger partial charge in [0.15, 0.2) is 0 Å². The molecule has 3 heteroatoms. The van der Waals surface area contributed by atoms with Gasteiger partial charge in [-0.3, -0.25) is 4.79 Å². The summed E-state index contributed by atoms with van der Waals surface area (Å²) >= 11 is 0. The Morgan fingerprint density at radius 1 is 1.05 bits per heavy atom. The maximum Gasteiger partial charge on any atom is 0.321 e. The van der Waals surface area contributed by atoms with E-state index < -0.39 is 12.0 Å². The van der Waals surface area contributed by atoms with E-state index in [4.69, 9.17) is 0 Å². The molecule has 0 spiro atoms. The van der Waals surface area contributed by atoms with Gasteiger partial charge < -0.3 is 10.4 Å². The van der Waals surface area contributed by atoms with Crippen molar-refractivity contribution in [2.45, 2.75) is 64.3 Å². The molecule has 1 aromatic rings. The van der Waals surface area contributed by atoms with Crippen LogP contribution < -0.4 is 5.32 Å². The molecule has 0 aromatic heterocycles. The van der Waals surface area contributed by atoms with Gasteiger partial charge in [0.2, 0.25) is 0 Å². The van der Waals surface area contributed by atoms with Crippen LogP contribution in [0.1, 0.15) is 57.4 Å². The van der Waals surface area contributed by atoms with Crippen LogP contribution >= 0.6 is 0 Å². The van der Waals surface area contributed by atoms with Crippen LogP contribution in [0.15, 0.2) is 30.3 Å². The molecule has 118 valence electrons. The average molecular weight is 291 g/mol. The maximum absolute atomic E-state index is 11.3. The van der Waals surface area contributed by atoms with Gasteiger partial charge in [-0.25, -0.2) is 0 Å². The number of hydrogen-bond donors (Lipinski definition) is 2. The Labute approximate surface area is 128 Å². The van der Waals surface area contributed by atoms with Gasteiger partial charge in [-0.05, 0) is 24.9 Å². The summed E-state index contributed by atoms with van der Waals surface area (Å²) in [6.07, 6.45) is 9.30. The zero-order chi connectivity index (χ0) is 15.3. The lowest BCUT2D eigenvalue weighted by Crippen LogP contribution is -2.39. The molecule has 0 aliphatic carbocycles. The van der Waals surface area contributed by atoms with Crippen LogP contribution in [0.2, 0.25) is 0 Å². The van der Waals surface area contributed by atoms with Crippen LogP contribution in [0.5, 0.6) is 0 Å². The molecule has 0 bridgehead atoms. The minimum absolute atomic E-state index is 0.479. The van der Waals surface area contributed by atoms with Crippen molar-refractivity contribution < 1.29 is 9.90 Å². The predicted octanol–water partition coefficient (Wildman–Crippen LogP) is 4.02. The molecule has 0 unspecified atom stereocenters. The highest BCUT2D eigenvalue weighted by atomic mass is 16.4. The molecule has 1 rings (SSSR count). The van der Waals surface area contributed by atoms with Crippen molar-refractivity contribution in [2.24, 2.45) is 0 Å². The number of carbonyl (C=O) groups is 1. The van der Waals surface area contributed by atoms with E-state index in [1.807, 2.05) is 30.3 Å². The summed E-state index contributed by atoms with van der Waals surface area (Å²) in [6, 6.07) is 9.32. The molecule has 2 N–H and O–H groups in total. The van der Waals surface area contributed by atoms with Crippen LogP contribution in [-0.2, 0) is 11.2 Å². The molecular weight excluding hydrogens is 262 g/mol. The van der Waals surface area contributed by atoms with Gasteiger partial charge in [0.25, 0.3) is 0 Å². The molecule has 0 fully saturated rings. The highest BCUT2D eigenvalue weighted by molar-refractivity contribution is 5.73. The van der Waals surface area contributed by atoms with Gasteiger partial charge in [0.1, 0.15) is 6.04 Å². The van der Waals surface area contributed by atoms with E-state index in [1.54, 1.807) is 0 Å². The first kappa shape index (κ1) is 17.7. The molecule has 3 nitrogen and oxygen atoms in total. The Hall–Kier alpha value is -1.35. The molecule has 0 heterocycles. The number of carboxylic acid groups (broad SMARTS) is 1. The first-order chi connectivity index (χ1) is 10.2. The van der Waals surface area contributed by atoms with E-state index in [2.05, 4.69) is 12.2 Å². The fraction of sp³-hybridized carbons (Fsp3) is 0.611. The second-order valence-corrected chi connectivity index (χ2v) is 5.66. The van der Waals surface area contributed by atoms with Crippen molar-refractivity contribution in [3.63, 3.8) is 0 Å². The summed E-state index contributed by atoms with van der Waals surface area (Å²) in [5, 5.41) is 12.4. The Morgan fingerprint density at radius 3 is 2.29 bits per heavy atom. The summed E-state index contributed by atoms with van der Waals surface area (Å²) in [4.78, 5) is 11.3. The third kappa shape index (κ3) is 8.51. The van der Waals surface area contributed by atoms with Crippen molar-refractivity contribution in [3.8, 4) is 0 Å². The molecule has 0 amide bonds. The fourth-order valence-corrected chi connectivity index (χ4v) is 2.45. The molecular formula is C18H29NO2. The fourth-order valence-electron chi connectivity index (χ4n) is 2.45. The molecule has 1 atom stereocenters. The van der Waals surface area contributed by atoms with Crippen molar-refractivity contribution in [1.82, 2.24) is 5.32 Å². The van der Waals surface area contributed by atoms with Gasteiger partial charge >= 0.3 is 5.97 Å². The van der Waals surface area contributed by atoms with Gasteiger partial charge in [-0.1, -0.05) is 75.8 Å². The van der Waals surface area contributed by atoms with Crippen LogP contribution in [0, 0.1) is 0 Å². The average Bonchev–Trinajstić information content (AvgIpc) is 2.49. The second kappa shape index (κ2) is 11.3. The molecule has 0 saturated heterocycles. The zero-order valence-corrected chi connectivity index (χ0v) is 13.2. The molecule has 0 saturated carbocycles. The number of carboxylic acids is 1. The van der Waals surface area contributed by atoms with E-state index in [9.17, 15) is 9.90 Å². The van der Waals surface area contributed by atoms with E-state index in [1.165, 1.54) is 38.5 Å². The minimum atomic E-state index is -0.762. The summed E-state index contributed by atoms with van der Waals surface area (Å²) in [5.74, 6) is -0.762. The maximum atomic E-state index is 11.3. The Bertz CT molecular complexity index is 378. The summed E-state index contributed by atoms with van der Waals surface area (Å²) in [5.41, 5.74) is 1.07. The Balaban J connectivity index is 2.16. The zero-order valence-electron chi connectivity index (χ0n) is 13.2. The third-order valence-corrected chi connectivity index (χ3v) is 3.75. The van der Waals surface area contributed by atoms with Crippen molar-refractivity contribution in [1.29, 1.82) is 0 Å².